The summed E-state index contributed by atoms with van der Waals surface area (Å²) in [5.41, 5.74) is 0.152. The minimum Gasteiger partial charge on any atom is -0.385 e. The quantitative estimate of drug-likeness (QED) is 0.885. The van der Waals surface area contributed by atoms with Crippen molar-refractivity contribution in [2.75, 3.05) is 26.8 Å². The van der Waals surface area contributed by atoms with Crippen LogP contribution in [0, 0.1) is 0 Å². The summed E-state index contributed by atoms with van der Waals surface area (Å²) in [6.07, 6.45) is 2.68. The number of amides is 1. The molecule has 3 rings (SSSR count). The second-order valence-electron chi connectivity index (χ2n) is 6.26. The lowest BCUT2D eigenvalue weighted by Gasteiger charge is -2.38. The van der Waals surface area contributed by atoms with Crippen LogP contribution in [0.1, 0.15) is 28.9 Å². The Kier molecular flexibility index (Phi) is 5.42. The third-order valence-electron chi connectivity index (χ3n) is 4.64. The fourth-order valence-corrected chi connectivity index (χ4v) is 3.45. The van der Waals surface area contributed by atoms with E-state index in [1.54, 1.807) is 35.0 Å². The van der Waals surface area contributed by atoms with Crippen LogP contribution in [0.15, 0.2) is 36.5 Å². The van der Waals surface area contributed by atoms with Crippen LogP contribution in [0.3, 0.4) is 0 Å². The number of methoxy groups -OCH3 is 1. The monoisotopic (exact) mass is 363 g/mol. The zero-order chi connectivity index (χ0) is 17.9. The molecule has 1 saturated heterocycles. The first-order valence-electron chi connectivity index (χ1n) is 8.32. The Morgan fingerprint density at radius 3 is 2.72 bits per heavy atom. The molecule has 2 aromatic rings. The molecule has 0 spiro atoms. The Bertz CT molecular complexity index is 739. The van der Waals surface area contributed by atoms with E-state index < -0.39 is 5.60 Å². The fourth-order valence-electron chi connectivity index (χ4n) is 3.13. The predicted octanol–water partition coefficient (Wildman–Crippen LogP) is 2.31. The molecular weight excluding hydrogens is 342 g/mol. The lowest BCUT2D eigenvalue weighted by atomic mass is 9.84. The number of carbonyl (C=O) groups is 1. The first-order valence-corrected chi connectivity index (χ1v) is 8.70. The van der Waals surface area contributed by atoms with Crippen molar-refractivity contribution in [1.29, 1.82) is 0 Å². The predicted molar refractivity (Wildman–Crippen MR) is 94.6 cm³/mol. The van der Waals surface area contributed by atoms with Gasteiger partial charge in [0.25, 0.3) is 5.91 Å². The highest BCUT2D eigenvalue weighted by Gasteiger charge is 2.37. The average Bonchev–Trinajstić information content (AvgIpc) is 3.09. The first kappa shape index (κ1) is 17.9. The van der Waals surface area contributed by atoms with Gasteiger partial charge in [0.1, 0.15) is 5.69 Å². The molecule has 6 nitrogen and oxygen atoms in total. The van der Waals surface area contributed by atoms with E-state index in [9.17, 15) is 9.90 Å². The van der Waals surface area contributed by atoms with Gasteiger partial charge < -0.3 is 14.7 Å². The maximum atomic E-state index is 12.6. The van der Waals surface area contributed by atoms with Gasteiger partial charge in [-0.05, 0) is 25.0 Å². The number of benzene rings is 1. The summed E-state index contributed by atoms with van der Waals surface area (Å²) in [5.74, 6) is -0.114. The van der Waals surface area contributed by atoms with Crippen LogP contribution >= 0.6 is 11.6 Å². The molecule has 0 saturated carbocycles. The highest BCUT2D eigenvalue weighted by molar-refractivity contribution is 6.31. The van der Waals surface area contributed by atoms with E-state index >= 15 is 0 Å². The standard InChI is InChI=1S/C18H22ClN3O3/c1-25-13-12-22-9-6-16(20-22)17(23)21-10-7-18(24,8-11-21)14-4-2-3-5-15(14)19/h2-6,9,24H,7-8,10-13H2,1H3. The van der Waals surface area contributed by atoms with Crippen LogP contribution in [0.5, 0.6) is 0 Å². The van der Waals surface area contributed by atoms with Gasteiger partial charge in [0.15, 0.2) is 0 Å². The van der Waals surface area contributed by atoms with Gasteiger partial charge in [0, 0.05) is 37.0 Å². The highest BCUT2D eigenvalue weighted by Crippen LogP contribution is 2.36. The summed E-state index contributed by atoms with van der Waals surface area (Å²) in [4.78, 5) is 14.3. The van der Waals surface area contributed by atoms with Gasteiger partial charge >= 0.3 is 0 Å². The molecule has 2 heterocycles. The number of likely N-dealkylation sites (tertiary alicyclic amines) is 1. The molecule has 0 atom stereocenters. The first-order chi connectivity index (χ1) is 12.0. The third kappa shape index (κ3) is 3.86. The highest BCUT2D eigenvalue weighted by atomic mass is 35.5. The van der Waals surface area contributed by atoms with Crippen molar-refractivity contribution >= 4 is 17.5 Å². The molecule has 1 N–H and O–H groups in total. The second-order valence-corrected chi connectivity index (χ2v) is 6.67. The Hall–Kier alpha value is -1.89. The molecule has 1 fully saturated rings. The van der Waals surface area contributed by atoms with Gasteiger partial charge in [-0.2, -0.15) is 5.10 Å². The van der Waals surface area contributed by atoms with E-state index in [1.807, 2.05) is 18.2 Å². The van der Waals surface area contributed by atoms with Crippen LogP contribution in [0.25, 0.3) is 0 Å². The zero-order valence-electron chi connectivity index (χ0n) is 14.2. The zero-order valence-corrected chi connectivity index (χ0v) is 14.9. The molecule has 1 aliphatic heterocycles. The molecule has 134 valence electrons. The van der Waals surface area contributed by atoms with E-state index in [-0.39, 0.29) is 5.91 Å². The summed E-state index contributed by atoms with van der Waals surface area (Å²) in [6, 6.07) is 9.04. The molecule has 0 bridgehead atoms. The smallest absolute Gasteiger partial charge is 0.274 e. The van der Waals surface area contributed by atoms with Crippen LogP contribution in [-0.2, 0) is 16.9 Å². The lowest BCUT2D eigenvalue weighted by Crippen LogP contribution is -2.45. The Morgan fingerprint density at radius 2 is 2.04 bits per heavy atom. The number of nitrogens with zero attached hydrogens (tertiary/aromatic N) is 3. The van der Waals surface area contributed by atoms with Gasteiger partial charge in [-0.3, -0.25) is 9.48 Å². The van der Waals surface area contributed by atoms with Crippen molar-refractivity contribution in [1.82, 2.24) is 14.7 Å². The Balaban J connectivity index is 1.64. The fraction of sp³-hybridized carbons (Fsp3) is 0.444. The van der Waals surface area contributed by atoms with E-state index in [0.29, 0.717) is 49.8 Å². The van der Waals surface area contributed by atoms with Crippen molar-refractivity contribution in [3.63, 3.8) is 0 Å². The van der Waals surface area contributed by atoms with E-state index in [1.165, 1.54) is 0 Å². The number of ether oxygens (including phenoxy) is 1. The summed E-state index contributed by atoms with van der Waals surface area (Å²) in [6.45, 7) is 2.08. The molecule has 1 aromatic carbocycles. The van der Waals surface area contributed by atoms with Crippen molar-refractivity contribution in [2.45, 2.75) is 25.0 Å². The topological polar surface area (TPSA) is 67.6 Å². The summed E-state index contributed by atoms with van der Waals surface area (Å²) in [7, 11) is 1.63. The van der Waals surface area contributed by atoms with Gasteiger partial charge in [0.2, 0.25) is 0 Å². The largest absolute Gasteiger partial charge is 0.385 e. The maximum absolute atomic E-state index is 12.6. The molecule has 0 unspecified atom stereocenters. The molecule has 1 aromatic heterocycles. The SMILES string of the molecule is COCCn1ccc(C(=O)N2CCC(O)(c3ccccc3Cl)CC2)n1. The van der Waals surface area contributed by atoms with E-state index in [2.05, 4.69) is 5.10 Å². The number of hydrogen-bond donors (Lipinski definition) is 1. The van der Waals surface area contributed by atoms with E-state index in [0.717, 1.165) is 5.56 Å². The number of aliphatic hydroxyl groups is 1. The molecule has 25 heavy (non-hydrogen) atoms. The molecule has 1 amide bonds. The number of piperidine rings is 1. The molecule has 0 aliphatic carbocycles. The Labute approximate surface area is 152 Å². The van der Waals surface area contributed by atoms with Gasteiger partial charge in [-0.15, -0.1) is 0 Å². The Morgan fingerprint density at radius 1 is 1.32 bits per heavy atom. The van der Waals surface area contributed by atoms with Crippen LogP contribution in [0.4, 0.5) is 0 Å². The number of aromatic nitrogens is 2. The number of carbonyl (C=O) groups excluding carboxylic acids is 1. The minimum atomic E-state index is -0.993. The van der Waals surface area contributed by atoms with E-state index in [4.69, 9.17) is 16.3 Å². The molecule has 0 radical (unpaired) electrons. The molecule has 7 heteroatoms. The van der Waals surface area contributed by atoms with Crippen LogP contribution in [0.2, 0.25) is 5.02 Å². The van der Waals surface area contributed by atoms with Crippen LogP contribution in [-0.4, -0.2) is 52.5 Å². The lowest BCUT2D eigenvalue weighted by molar-refractivity contribution is -0.0212. The third-order valence-corrected chi connectivity index (χ3v) is 4.97. The van der Waals surface area contributed by atoms with Gasteiger partial charge in [-0.1, -0.05) is 29.8 Å². The van der Waals surface area contributed by atoms with Crippen molar-refractivity contribution in [2.24, 2.45) is 0 Å². The minimum absolute atomic E-state index is 0.114. The molecular formula is C18H22ClN3O3. The van der Waals surface area contributed by atoms with Crippen molar-refractivity contribution in [3.05, 3.63) is 52.8 Å². The summed E-state index contributed by atoms with van der Waals surface area (Å²) >= 11 is 6.22. The summed E-state index contributed by atoms with van der Waals surface area (Å²) in [5, 5.41) is 15.8. The second kappa shape index (κ2) is 7.56. The number of rotatable bonds is 5. The van der Waals surface area contributed by atoms with Crippen LogP contribution < -0.4 is 0 Å². The number of halogens is 1. The normalized spacial score (nSPS) is 16.8. The van der Waals surface area contributed by atoms with Gasteiger partial charge in [-0.25, -0.2) is 0 Å². The van der Waals surface area contributed by atoms with Gasteiger partial charge in [0.05, 0.1) is 18.8 Å². The number of hydrogen-bond acceptors (Lipinski definition) is 4. The molecule has 1 aliphatic rings. The maximum Gasteiger partial charge on any atom is 0.274 e. The van der Waals surface area contributed by atoms with Crippen molar-refractivity contribution in [3.8, 4) is 0 Å². The van der Waals surface area contributed by atoms with Crippen molar-refractivity contribution < 1.29 is 14.6 Å². The average molecular weight is 364 g/mol. The summed E-state index contributed by atoms with van der Waals surface area (Å²) < 4.78 is 6.71.